The maximum atomic E-state index is 5.62. The fourth-order valence-electron chi connectivity index (χ4n) is 2.92. The second kappa shape index (κ2) is 5.70. The summed E-state index contributed by atoms with van der Waals surface area (Å²) in [6.07, 6.45) is 5.38. The standard InChI is InChI=1S/C15H22N2S/c1-11-5-3-4-6-14(11)17(2)13-9-7-12(8-10-13)15(16)18/h7-11,14H,3-6H2,1-2H3,(H2,16,18). The van der Waals surface area contributed by atoms with Gasteiger partial charge in [0.2, 0.25) is 0 Å². The molecule has 2 rings (SSSR count). The minimum Gasteiger partial charge on any atom is -0.389 e. The third kappa shape index (κ3) is 2.83. The molecule has 1 aromatic rings. The fourth-order valence-corrected chi connectivity index (χ4v) is 3.06. The van der Waals surface area contributed by atoms with Crippen molar-refractivity contribution in [3.05, 3.63) is 29.8 Å². The van der Waals surface area contributed by atoms with Crippen LogP contribution in [-0.4, -0.2) is 18.1 Å². The third-order valence-electron chi connectivity index (χ3n) is 4.12. The molecule has 1 aromatic carbocycles. The Morgan fingerprint density at radius 1 is 1.22 bits per heavy atom. The average molecular weight is 262 g/mol. The van der Waals surface area contributed by atoms with Gasteiger partial charge in [0.1, 0.15) is 4.99 Å². The summed E-state index contributed by atoms with van der Waals surface area (Å²) < 4.78 is 0. The molecule has 1 aliphatic rings. The van der Waals surface area contributed by atoms with Crippen LogP contribution in [0.15, 0.2) is 24.3 Å². The predicted octanol–water partition coefficient (Wildman–Crippen LogP) is 3.34. The molecule has 1 saturated carbocycles. The van der Waals surface area contributed by atoms with E-state index in [1.807, 2.05) is 12.1 Å². The normalized spacial score (nSPS) is 23.7. The van der Waals surface area contributed by atoms with Crippen LogP contribution in [0.1, 0.15) is 38.2 Å². The van der Waals surface area contributed by atoms with E-state index >= 15 is 0 Å². The topological polar surface area (TPSA) is 29.3 Å². The van der Waals surface area contributed by atoms with Gasteiger partial charge in [-0.1, -0.05) is 32.0 Å². The lowest BCUT2D eigenvalue weighted by atomic mass is 9.85. The van der Waals surface area contributed by atoms with Gasteiger partial charge in [-0.05, 0) is 43.0 Å². The average Bonchev–Trinajstić information content (AvgIpc) is 2.38. The van der Waals surface area contributed by atoms with Crippen molar-refractivity contribution >= 4 is 22.9 Å². The largest absolute Gasteiger partial charge is 0.389 e. The van der Waals surface area contributed by atoms with Crippen molar-refractivity contribution in [3.63, 3.8) is 0 Å². The van der Waals surface area contributed by atoms with E-state index in [0.717, 1.165) is 11.5 Å². The number of thiocarbonyl (C=S) groups is 1. The first-order chi connectivity index (χ1) is 8.59. The molecule has 18 heavy (non-hydrogen) atoms. The Labute approximate surface area is 115 Å². The van der Waals surface area contributed by atoms with Gasteiger partial charge in [0.05, 0.1) is 0 Å². The Balaban J connectivity index is 2.12. The minimum atomic E-state index is 0.468. The van der Waals surface area contributed by atoms with E-state index in [1.165, 1.54) is 31.4 Å². The van der Waals surface area contributed by atoms with Crippen LogP contribution < -0.4 is 10.6 Å². The Kier molecular flexibility index (Phi) is 4.23. The maximum absolute atomic E-state index is 5.62. The molecule has 0 aliphatic heterocycles. The predicted molar refractivity (Wildman–Crippen MR) is 82.2 cm³/mol. The summed E-state index contributed by atoms with van der Waals surface area (Å²) in [6.45, 7) is 2.36. The van der Waals surface area contributed by atoms with E-state index in [4.69, 9.17) is 18.0 Å². The van der Waals surface area contributed by atoms with E-state index in [2.05, 4.69) is 31.0 Å². The summed E-state index contributed by atoms with van der Waals surface area (Å²) in [7, 11) is 2.20. The number of benzene rings is 1. The van der Waals surface area contributed by atoms with Gasteiger partial charge in [-0.3, -0.25) is 0 Å². The van der Waals surface area contributed by atoms with E-state index in [9.17, 15) is 0 Å². The van der Waals surface area contributed by atoms with Crippen LogP contribution in [0.3, 0.4) is 0 Å². The number of rotatable bonds is 3. The van der Waals surface area contributed by atoms with Gasteiger partial charge in [-0.15, -0.1) is 0 Å². The summed E-state index contributed by atoms with van der Waals surface area (Å²) >= 11 is 4.98. The van der Waals surface area contributed by atoms with Gasteiger partial charge in [-0.2, -0.15) is 0 Å². The van der Waals surface area contributed by atoms with Crippen molar-refractivity contribution in [2.75, 3.05) is 11.9 Å². The first-order valence-electron chi connectivity index (χ1n) is 6.72. The molecule has 2 unspecified atom stereocenters. The molecule has 2 nitrogen and oxygen atoms in total. The Hall–Kier alpha value is -1.09. The van der Waals surface area contributed by atoms with Gasteiger partial charge in [0, 0.05) is 24.3 Å². The number of nitrogens with zero attached hydrogens (tertiary/aromatic N) is 1. The molecule has 0 saturated heterocycles. The van der Waals surface area contributed by atoms with Crippen LogP contribution in [0.2, 0.25) is 0 Å². The molecule has 98 valence electrons. The maximum Gasteiger partial charge on any atom is 0.103 e. The first kappa shape index (κ1) is 13.3. The van der Waals surface area contributed by atoms with Gasteiger partial charge in [0.25, 0.3) is 0 Å². The summed E-state index contributed by atoms with van der Waals surface area (Å²) in [4.78, 5) is 2.88. The molecule has 1 aliphatic carbocycles. The summed E-state index contributed by atoms with van der Waals surface area (Å²) in [5, 5.41) is 0. The van der Waals surface area contributed by atoms with E-state index in [-0.39, 0.29) is 0 Å². The number of nitrogens with two attached hydrogens (primary N) is 1. The minimum absolute atomic E-state index is 0.468. The van der Waals surface area contributed by atoms with Crippen molar-refractivity contribution < 1.29 is 0 Å². The van der Waals surface area contributed by atoms with Crippen LogP contribution in [0.4, 0.5) is 5.69 Å². The van der Waals surface area contributed by atoms with E-state index in [0.29, 0.717) is 11.0 Å². The van der Waals surface area contributed by atoms with Crippen molar-refractivity contribution in [1.29, 1.82) is 0 Å². The zero-order valence-electron chi connectivity index (χ0n) is 11.2. The number of anilines is 1. The molecule has 0 bridgehead atoms. The molecule has 2 atom stereocenters. The molecule has 0 aromatic heterocycles. The lowest BCUT2D eigenvalue weighted by Crippen LogP contribution is -2.38. The molecule has 1 fully saturated rings. The Morgan fingerprint density at radius 2 is 1.83 bits per heavy atom. The second-order valence-corrected chi connectivity index (χ2v) is 5.79. The molecule has 2 N–H and O–H groups in total. The molecule has 0 spiro atoms. The highest BCUT2D eigenvalue weighted by atomic mass is 32.1. The zero-order chi connectivity index (χ0) is 13.1. The lowest BCUT2D eigenvalue weighted by molar-refractivity contribution is 0.321. The van der Waals surface area contributed by atoms with Crippen LogP contribution in [-0.2, 0) is 0 Å². The van der Waals surface area contributed by atoms with Crippen molar-refractivity contribution in [2.45, 2.75) is 38.6 Å². The van der Waals surface area contributed by atoms with Crippen molar-refractivity contribution in [3.8, 4) is 0 Å². The van der Waals surface area contributed by atoms with Crippen LogP contribution in [0.5, 0.6) is 0 Å². The smallest absolute Gasteiger partial charge is 0.103 e. The van der Waals surface area contributed by atoms with E-state index < -0.39 is 0 Å². The van der Waals surface area contributed by atoms with Gasteiger partial charge in [-0.25, -0.2) is 0 Å². The highest BCUT2D eigenvalue weighted by Crippen LogP contribution is 2.30. The van der Waals surface area contributed by atoms with Gasteiger partial charge < -0.3 is 10.6 Å². The zero-order valence-corrected chi connectivity index (χ0v) is 12.0. The van der Waals surface area contributed by atoms with Gasteiger partial charge >= 0.3 is 0 Å². The monoisotopic (exact) mass is 262 g/mol. The van der Waals surface area contributed by atoms with E-state index in [1.54, 1.807) is 0 Å². The highest BCUT2D eigenvalue weighted by Gasteiger charge is 2.24. The SMILES string of the molecule is CC1CCCCC1N(C)c1ccc(C(N)=S)cc1. The quantitative estimate of drug-likeness (QED) is 0.847. The van der Waals surface area contributed by atoms with Crippen molar-refractivity contribution in [1.82, 2.24) is 0 Å². The molecule has 3 heteroatoms. The summed E-state index contributed by atoms with van der Waals surface area (Å²) in [5.74, 6) is 0.777. The first-order valence-corrected chi connectivity index (χ1v) is 7.13. The lowest BCUT2D eigenvalue weighted by Gasteiger charge is -2.37. The fraction of sp³-hybridized carbons (Fsp3) is 0.533. The number of hydrogen-bond donors (Lipinski definition) is 1. The number of hydrogen-bond acceptors (Lipinski definition) is 2. The molecule has 0 heterocycles. The summed E-state index contributed by atoms with van der Waals surface area (Å²) in [5.41, 5.74) is 7.82. The molecule has 0 amide bonds. The molecule has 0 radical (unpaired) electrons. The molecular weight excluding hydrogens is 240 g/mol. The second-order valence-electron chi connectivity index (χ2n) is 5.35. The third-order valence-corrected chi connectivity index (χ3v) is 4.36. The van der Waals surface area contributed by atoms with Crippen LogP contribution >= 0.6 is 12.2 Å². The Bertz CT molecular complexity index is 413. The van der Waals surface area contributed by atoms with Crippen LogP contribution in [0, 0.1) is 5.92 Å². The highest BCUT2D eigenvalue weighted by molar-refractivity contribution is 7.80. The molecular formula is C15H22N2S. The van der Waals surface area contributed by atoms with Gasteiger partial charge in [0.15, 0.2) is 0 Å². The van der Waals surface area contributed by atoms with Crippen LogP contribution in [0.25, 0.3) is 0 Å². The van der Waals surface area contributed by atoms with Crippen molar-refractivity contribution in [2.24, 2.45) is 11.7 Å². The summed E-state index contributed by atoms with van der Waals surface area (Å²) in [6, 6.07) is 8.93. The Morgan fingerprint density at radius 3 is 2.39 bits per heavy atom.